The summed E-state index contributed by atoms with van der Waals surface area (Å²) in [7, 11) is 1.70. The molecule has 0 radical (unpaired) electrons. The predicted molar refractivity (Wildman–Crippen MR) is 55.7 cm³/mol. The van der Waals surface area contributed by atoms with Crippen LogP contribution in [0.4, 0.5) is 4.79 Å². The second kappa shape index (κ2) is 3.72. The fourth-order valence-corrected chi connectivity index (χ4v) is 2.01. The van der Waals surface area contributed by atoms with E-state index < -0.39 is 5.97 Å². The fourth-order valence-electron chi connectivity index (χ4n) is 2.01. The van der Waals surface area contributed by atoms with Crippen LogP contribution in [0.2, 0.25) is 0 Å². The molecule has 5 heteroatoms. The zero-order chi connectivity index (χ0) is 11.8. The standard InChI is InChI=1S/C10H18N2O3/c1-10(2,3)12-7(5-8(13)14)6-11(4)9(12)15/h7H,5-6H2,1-4H3,(H,13,14). The minimum atomic E-state index is -0.864. The Morgan fingerprint density at radius 2 is 2.07 bits per heavy atom. The van der Waals surface area contributed by atoms with Crippen LogP contribution < -0.4 is 0 Å². The van der Waals surface area contributed by atoms with Crippen molar-refractivity contribution in [1.29, 1.82) is 0 Å². The highest BCUT2D eigenvalue weighted by molar-refractivity contribution is 5.79. The van der Waals surface area contributed by atoms with Crippen LogP contribution in [0.3, 0.4) is 0 Å². The van der Waals surface area contributed by atoms with Gasteiger partial charge in [0.2, 0.25) is 0 Å². The van der Waals surface area contributed by atoms with Crippen molar-refractivity contribution in [3.63, 3.8) is 0 Å². The predicted octanol–water partition coefficient (Wildman–Crippen LogP) is 0.996. The molecular formula is C10H18N2O3. The Hall–Kier alpha value is -1.26. The average molecular weight is 214 g/mol. The van der Waals surface area contributed by atoms with E-state index in [1.807, 2.05) is 20.8 Å². The molecule has 0 saturated carbocycles. The van der Waals surface area contributed by atoms with Crippen molar-refractivity contribution >= 4 is 12.0 Å². The number of rotatable bonds is 2. The van der Waals surface area contributed by atoms with Crippen LogP contribution in [0.1, 0.15) is 27.2 Å². The maximum absolute atomic E-state index is 11.8. The molecular weight excluding hydrogens is 196 g/mol. The van der Waals surface area contributed by atoms with Crippen LogP contribution in [-0.2, 0) is 4.79 Å². The Bertz CT molecular complexity index is 283. The largest absolute Gasteiger partial charge is 0.481 e. The van der Waals surface area contributed by atoms with E-state index in [4.69, 9.17) is 5.11 Å². The molecule has 0 aromatic heterocycles. The smallest absolute Gasteiger partial charge is 0.320 e. The molecule has 1 unspecified atom stereocenters. The molecule has 1 heterocycles. The van der Waals surface area contributed by atoms with E-state index in [1.54, 1.807) is 16.8 Å². The lowest BCUT2D eigenvalue weighted by molar-refractivity contribution is -0.138. The molecule has 15 heavy (non-hydrogen) atoms. The fraction of sp³-hybridized carbons (Fsp3) is 0.800. The van der Waals surface area contributed by atoms with Crippen molar-refractivity contribution in [2.45, 2.75) is 38.8 Å². The summed E-state index contributed by atoms with van der Waals surface area (Å²) in [5.74, 6) is -0.864. The number of carboxylic acid groups (broad SMARTS) is 1. The van der Waals surface area contributed by atoms with Gasteiger partial charge in [0.1, 0.15) is 0 Å². The molecule has 0 aromatic rings. The van der Waals surface area contributed by atoms with Gasteiger partial charge < -0.3 is 14.9 Å². The summed E-state index contributed by atoms with van der Waals surface area (Å²) in [5.41, 5.74) is -0.331. The Kier molecular flexibility index (Phi) is 2.93. The minimum absolute atomic E-state index is 0.00729. The van der Waals surface area contributed by atoms with Crippen LogP contribution in [0.15, 0.2) is 0 Å². The van der Waals surface area contributed by atoms with Gasteiger partial charge in [-0.3, -0.25) is 4.79 Å². The molecule has 86 valence electrons. The lowest BCUT2D eigenvalue weighted by Crippen LogP contribution is -2.48. The van der Waals surface area contributed by atoms with Gasteiger partial charge in [-0.25, -0.2) is 4.79 Å². The summed E-state index contributed by atoms with van der Waals surface area (Å²) in [6, 6.07) is -0.311. The maximum Gasteiger partial charge on any atom is 0.320 e. The summed E-state index contributed by atoms with van der Waals surface area (Å²) >= 11 is 0. The number of amides is 2. The Morgan fingerprint density at radius 3 is 2.47 bits per heavy atom. The van der Waals surface area contributed by atoms with E-state index in [1.165, 1.54) is 0 Å². The third kappa shape index (κ3) is 2.40. The van der Waals surface area contributed by atoms with E-state index in [0.717, 1.165) is 0 Å². The molecule has 1 fully saturated rings. The normalized spacial score (nSPS) is 22.4. The number of hydrogen-bond donors (Lipinski definition) is 1. The third-order valence-corrected chi connectivity index (χ3v) is 2.52. The molecule has 5 nitrogen and oxygen atoms in total. The Labute approximate surface area is 89.7 Å². The lowest BCUT2D eigenvalue weighted by Gasteiger charge is -2.35. The first-order valence-corrected chi connectivity index (χ1v) is 4.99. The van der Waals surface area contributed by atoms with Gasteiger partial charge in [-0.1, -0.05) is 0 Å². The number of urea groups is 1. The molecule has 0 aliphatic carbocycles. The van der Waals surface area contributed by atoms with E-state index in [9.17, 15) is 9.59 Å². The lowest BCUT2D eigenvalue weighted by atomic mass is 10.0. The van der Waals surface area contributed by atoms with Gasteiger partial charge in [-0.15, -0.1) is 0 Å². The monoisotopic (exact) mass is 214 g/mol. The highest BCUT2D eigenvalue weighted by Gasteiger charge is 2.42. The van der Waals surface area contributed by atoms with Gasteiger partial charge in [0.25, 0.3) is 0 Å². The van der Waals surface area contributed by atoms with E-state index >= 15 is 0 Å². The van der Waals surface area contributed by atoms with Gasteiger partial charge in [-0.05, 0) is 20.8 Å². The van der Waals surface area contributed by atoms with Crippen molar-refractivity contribution in [2.24, 2.45) is 0 Å². The van der Waals surface area contributed by atoms with Crippen molar-refractivity contribution in [3.05, 3.63) is 0 Å². The Morgan fingerprint density at radius 1 is 1.53 bits per heavy atom. The van der Waals surface area contributed by atoms with Crippen LogP contribution >= 0.6 is 0 Å². The van der Waals surface area contributed by atoms with Crippen LogP contribution in [-0.4, -0.2) is 52.1 Å². The molecule has 1 saturated heterocycles. The highest BCUT2D eigenvalue weighted by Crippen LogP contribution is 2.26. The quantitative estimate of drug-likeness (QED) is 0.745. The van der Waals surface area contributed by atoms with Gasteiger partial charge in [-0.2, -0.15) is 0 Å². The zero-order valence-electron chi connectivity index (χ0n) is 9.65. The second-order valence-corrected chi connectivity index (χ2v) is 4.96. The first-order chi connectivity index (χ1) is 6.73. The molecule has 1 aliphatic heterocycles. The van der Waals surface area contributed by atoms with Gasteiger partial charge in [0.05, 0.1) is 12.5 Å². The van der Waals surface area contributed by atoms with Crippen LogP contribution in [0.25, 0.3) is 0 Å². The summed E-state index contributed by atoms with van der Waals surface area (Å²) in [5, 5.41) is 8.77. The molecule has 0 spiro atoms. The molecule has 1 rings (SSSR count). The van der Waals surface area contributed by atoms with E-state index in [-0.39, 0.29) is 24.0 Å². The first kappa shape index (κ1) is 11.8. The molecule has 1 atom stereocenters. The molecule has 1 aliphatic rings. The van der Waals surface area contributed by atoms with Crippen LogP contribution in [0, 0.1) is 0 Å². The summed E-state index contributed by atoms with van der Waals surface area (Å²) < 4.78 is 0. The average Bonchev–Trinajstić information content (AvgIpc) is 2.24. The number of carbonyl (C=O) groups excluding carboxylic acids is 1. The first-order valence-electron chi connectivity index (χ1n) is 4.99. The number of likely N-dealkylation sites (N-methyl/N-ethyl adjacent to an activating group) is 1. The summed E-state index contributed by atoms with van der Waals surface area (Å²) in [4.78, 5) is 25.7. The third-order valence-electron chi connectivity index (χ3n) is 2.52. The van der Waals surface area contributed by atoms with Crippen molar-refractivity contribution in [2.75, 3.05) is 13.6 Å². The minimum Gasteiger partial charge on any atom is -0.481 e. The van der Waals surface area contributed by atoms with Crippen molar-refractivity contribution in [3.8, 4) is 0 Å². The van der Waals surface area contributed by atoms with Crippen LogP contribution in [0.5, 0.6) is 0 Å². The highest BCUT2D eigenvalue weighted by atomic mass is 16.4. The summed E-state index contributed by atoms with van der Waals surface area (Å²) in [6.07, 6.45) is 0.00729. The number of hydrogen-bond acceptors (Lipinski definition) is 2. The molecule has 0 bridgehead atoms. The maximum atomic E-state index is 11.8. The number of aliphatic carboxylic acids is 1. The van der Waals surface area contributed by atoms with Gasteiger partial charge >= 0.3 is 12.0 Å². The molecule has 0 aromatic carbocycles. The second-order valence-electron chi connectivity index (χ2n) is 4.96. The van der Waals surface area contributed by atoms with Crippen molar-refractivity contribution < 1.29 is 14.7 Å². The zero-order valence-corrected chi connectivity index (χ0v) is 9.65. The van der Waals surface area contributed by atoms with Gasteiger partial charge in [0, 0.05) is 19.1 Å². The van der Waals surface area contributed by atoms with Gasteiger partial charge in [0.15, 0.2) is 0 Å². The van der Waals surface area contributed by atoms with E-state index in [0.29, 0.717) is 6.54 Å². The number of carboxylic acids is 1. The molecule has 1 N–H and O–H groups in total. The SMILES string of the molecule is CN1CC(CC(=O)O)N(C(C)(C)C)C1=O. The number of carbonyl (C=O) groups is 2. The molecule has 2 amide bonds. The Balaban J connectivity index is 2.87. The van der Waals surface area contributed by atoms with Crippen molar-refractivity contribution in [1.82, 2.24) is 9.80 Å². The van der Waals surface area contributed by atoms with E-state index in [2.05, 4.69) is 0 Å². The summed E-state index contributed by atoms with van der Waals surface area (Å²) in [6.45, 7) is 6.24. The topological polar surface area (TPSA) is 60.9 Å². The number of nitrogens with zero attached hydrogens (tertiary/aromatic N) is 2.